The zero-order chi connectivity index (χ0) is 28.4. The van der Waals surface area contributed by atoms with Crippen molar-refractivity contribution in [3.8, 4) is 5.75 Å². The Bertz CT molecular complexity index is 1310. The SMILES string of the molecule is Cc1cccc(NC2(Nc3cccc(C)c3)C=C(Nc3cccc(OCC(=O)N(CCO)CCO)c3)NC=N2)c1. The van der Waals surface area contributed by atoms with E-state index in [1.807, 2.05) is 68.5 Å². The van der Waals surface area contributed by atoms with E-state index in [2.05, 4.69) is 33.4 Å². The zero-order valence-corrected chi connectivity index (χ0v) is 22.7. The predicted molar refractivity (Wildman–Crippen MR) is 158 cm³/mol. The Balaban J connectivity index is 1.52. The Labute approximate surface area is 234 Å². The number of nitrogens with zero attached hydrogens (tertiary/aromatic N) is 2. The summed E-state index contributed by atoms with van der Waals surface area (Å²) in [4.78, 5) is 18.5. The van der Waals surface area contributed by atoms with Crippen LogP contribution in [0.4, 0.5) is 17.1 Å². The minimum Gasteiger partial charge on any atom is -0.484 e. The largest absolute Gasteiger partial charge is 0.484 e. The Morgan fingerprint density at radius 3 is 2.10 bits per heavy atom. The van der Waals surface area contributed by atoms with Crippen LogP contribution >= 0.6 is 0 Å². The van der Waals surface area contributed by atoms with Crippen LogP contribution in [-0.2, 0) is 4.79 Å². The number of carbonyl (C=O) groups is 1. The number of benzene rings is 3. The molecule has 0 unspecified atom stereocenters. The number of hydrogen-bond acceptors (Lipinski definition) is 9. The number of aryl methyl sites for hydroxylation is 2. The van der Waals surface area contributed by atoms with Gasteiger partial charge in [0.05, 0.1) is 19.6 Å². The van der Waals surface area contributed by atoms with Gasteiger partial charge in [0.25, 0.3) is 5.91 Å². The lowest BCUT2D eigenvalue weighted by atomic mass is 10.1. The molecule has 3 aromatic rings. The van der Waals surface area contributed by atoms with Crippen molar-refractivity contribution in [2.45, 2.75) is 19.6 Å². The third-order valence-electron chi connectivity index (χ3n) is 6.12. The van der Waals surface area contributed by atoms with Crippen LogP contribution in [-0.4, -0.2) is 66.1 Å². The molecule has 0 aromatic heterocycles. The average Bonchev–Trinajstić information content (AvgIpc) is 2.92. The average molecular weight is 545 g/mol. The maximum absolute atomic E-state index is 12.4. The number of ether oxygens (including phenoxy) is 1. The van der Waals surface area contributed by atoms with Gasteiger partial charge in [-0.3, -0.25) is 4.79 Å². The van der Waals surface area contributed by atoms with Crippen molar-refractivity contribution >= 4 is 29.3 Å². The van der Waals surface area contributed by atoms with E-state index >= 15 is 0 Å². The van der Waals surface area contributed by atoms with Crippen molar-refractivity contribution in [1.82, 2.24) is 10.2 Å². The number of aliphatic hydroxyl groups excluding tert-OH is 2. The number of rotatable bonds is 13. The van der Waals surface area contributed by atoms with Crippen LogP contribution in [0.2, 0.25) is 0 Å². The Hall–Kier alpha value is -4.54. The molecule has 0 aliphatic carbocycles. The maximum atomic E-state index is 12.4. The molecule has 4 rings (SSSR count). The van der Waals surface area contributed by atoms with E-state index in [1.165, 1.54) is 4.90 Å². The molecule has 0 radical (unpaired) electrons. The Kier molecular flexibility index (Phi) is 9.61. The number of anilines is 3. The molecule has 0 saturated heterocycles. The van der Waals surface area contributed by atoms with E-state index in [0.29, 0.717) is 11.6 Å². The molecule has 10 heteroatoms. The Morgan fingerprint density at radius 1 is 0.900 bits per heavy atom. The topological polar surface area (TPSA) is 130 Å². The fourth-order valence-corrected chi connectivity index (χ4v) is 4.28. The molecule has 0 fully saturated rings. The molecular weight excluding hydrogens is 508 g/mol. The molecule has 0 spiro atoms. The van der Waals surface area contributed by atoms with Gasteiger partial charge in [-0.1, -0.05) is 30.3 Å². The monoisotopic (exact) mass is 544 g/mol. The highest BCUT2D eigenvalue weighted by molar-refractivity contribution is 5.78. The van der Waals surface area contributed by atoms with Crippen molar-refractivity contribution in [3.05, 3.63) is 95.8 Å². The number of nitrogens with one attached hydrogen (secondary N) is 4. The summed E-state index contributed by atoms with van der Waals surface area (Å²) < 4.78 is 5.71. The van der Waals surface area contributed by atoms with Gasteiger partial charge >= 0.3 is 0 Å². The highest BCUT2D eigenvalue weighted by Gasteiger charge is 2.30. The molecule has 1 amide bonds. The van der Waals surface area contributed by atoms with Crippen molar-refractivity contribution in [3.63, 3.8) is 0 Å². The van der Waals surface area contributed by atoms with Crippen LogP contribution in [0.1, 0.15) is 11.1 Å². The first-order chi connectivity index (χ1) is 19.4. The summed E-state index contributed by atoms with van der Waals surface area (Å²) in [7, 11) is 0. The number of carbonyl (C=O) groups excluding carboxylic acids is 1. The second-order valence-corrected chi connectivity index (χ2v) is 9.49. The summed E-state index contributed by atoms with van der Waals surface area (Å²) in [5.41, 5.74) is 4.81. The number of amides is 1. The highest BCUT2D eigenvalue weighted by atomic mass is 16.5. The summed E-state index contributed by atoms with van der Waals surface area (Å²) in [5, 5.41) is 31.9. The lowest BCUT2D eigenvalue weighted by molar-refractivity contribution is -0.134. The smallest absolute Gasteiger partial charge is 0.260 e. The highest BCUT2D eigenvalue weighted by Crippen LogP contribution is 2.26. The molecule has 1 heterocycles. The predicted octanol–water partition coefficient (Wildman–Crippen LogP) is 3.26. The molecule has 0 saturated carbocycles. The van der Waals surface area contributed by atoms with Gasteiger partial charge in [-0.15, -0.1) is 0 Å². The summed E-state index contributed by atoms with van der Waals surface area (Å²) in [6.07, 6.45) is 3.56. The molecule has 1 aliphatic rings. The van der Waals surface area contributed by atoms with Crippen molar-refractivity contribution in [1.29, 1.82) is 0 Å². The summed E-state index contributed by atoms with van der Waals surface area (Å²) >= 11 is 0. The third-order valence-corrected chi connectivity index (χ3v) is 6.12. The van der Waals surface area contributed by atoms with Gasteiger partial charge in [0.2, 0.25) is 5.79 Å². The van der Waals surface area contributed by atoms with Crippen molar-refractivity contribution in [2.24, 2.45) is 4.99 Å². The first-order valence-corrected chi connectivity index (χ1v) is 13.1. The molecule has 10 nitrogen and oxygen atoms in total. The maximum Gasteiger partial charge on any atom is 0.260 e. The van der Waals surface area contributed by atoms with Gasteiger partial charge in [-0.2, -0.15) is 0 Å². The van der Waals surface area contributed by atoms with E-state index in [0.717, 1.165) is 28.2 Å². The quantitative estimate of drug-likeness (QED) is 0.181. The summed E-state index contributed by atoms with van der Waals surface area (Å²) in [5.74, 6) is -0.124. The van der Waals surface area contributed by atoms with Crippen LogP contribution in [0.3, 0.4) is 0 Å². The van der Waals surface area contributed by atoms with E-state index in [9.17, 15) is 4.79 Å². The van der Waals surface area contributed by atoms with Crippen LogP contribution < -0.4 is 26.0 Å². The minimum absolute atomic E-state index is 0.140. The van der Waals surface area contributed by atoms with Crippen LogP contribution in [0.5, 0.6) is 5.75 Å². The summed E-state index contributed by atoms with van der Waals surface area (Å²) in [6, 6.07) is 23.4. The molecule has 0 atom stereocenters. The van der Waals surface area contributed by atoms with Crippen molar-refractivity contribution in [2.75, 3.05) is 48.9 Å². The van der Waals surface area contributed by atoms with Gasteiger partial charge in [0.1, 0.15) is 11.6 Å². The second kappa shape index (κ2) is 13.5. The molecule has 1 aliphatic heterocycles. The molecule has 0 bridgehead atoms. The standard InChI is InChI=1S/C30H36N6O4/c1-22-6-3-9-25(16-22)34-30(35-26-10-4-7-23(2)17-26)19-28(31-21-32-30)33-24-8-5-11-27(18-24)40-20-29(39)36(12-14-37)13-15-38/h3-11,16-19,21,33-35,37-38H,12-15,20H2,1-2H3,(H,31,32). The molecular formula is C30H36N6O4. The molecule has 3 aromatic carbocycles. The summed E-state index contributed by atoms with van der Waals surface area (Å²) in [6.45, 7) is 3.78. The lowest BCUT2D eigenvalue weighted by Gasteiger charge is -2.34. The molecule has 6 N–H and O–H groups in total. The van der Waals surface area contributed by atoms with Gasteiger partial charge in [-0.05, 0) is 61.4 Å². The molecule has 40 heavy (non-hydrogen) atoms. The minimum atomic E-state index is -0.988. The van der Waals surface area contributed by atoms with Gasteiger partial charge in [-0.25, -0.2) is 4.99 Å². The van der Waals surface area contributed by atoms with E-state index < -0.39 is 5.79 Å². The van der Waals surface area contributed by atoms with Gasteiger partial charge in [0.15, 0.2) is 6.61 Å². The zero-order valence-electron chi connectivity index (χ0n) is 22.7. The molecule has 210 valence electrons. The van der Waals surface area contributed by atoms with Crippen LogP contribution in [0, 0.1) is 13.8 Å². The number of hydrogen-bond donors (Lipinski definition) is 6. The fourth-order valence-electron chi connectivity index (χ4n) is 4.28. The lowest BCUT2D eigenvalue weighted by Crippen LogP contribution is -2.47. The first-order valence-electron chi connectivity index (χ1n) is 13.1. The van der Waals surface area contributed by atoms with Gasteiger partial charge in [0, 0.05) is 42.3 Å². The number of aliphatic hydroxyl groups is 2. The van der Waals surface area contributed by atoms with E-state index in [-0.39, 0.29) is 38.8 Å². The normalized spacial score (nSPS) is 13.6. The van der Waals surface area contributed by atoms with Crippen LogP contribution in [0.25, 0.3) is 0 Å². The Morgan fingerprint density at radius 2 is 1.50 bits per heavy atom. The second-order valence-electron chi connectivity index (χ2n) is 9.49. The fraction of sp³-hybridized carbons (Fsp3) is 0.267. The van der Waals surface area contributed by atoms with E-state index in [4.69, 9.17) is 19.9 Å². The van der Waals surface area contributed by atoms with E-state index in [1.54, 1.807) is 18.5 Å². The van der Waals surface area contributed by atoms with Crippen LogP contribution in [0.15, 0.2) is 89.7 Å². The third kappa shape index (κ3) is 7.98. The number of aliphatic imine (C=N–C) groups is 1. The first kappa shape index (κ1) is 28.5. The van der Waals surface area contributed by atoms with Gasteiger partial charge < -0.3 is 41.1 Å². The van der Waals surface area contributed by atoms with Crippen molar-refractivity contribution < 1.29 is 19.7 Å².